The van der Waals surface area contributed by atoms with Crippen LogP contribution >= 0.6 is 0 Å². The summed E-state index contributed by atoms with van der Waals surface area (Å²) in [5.41, 5.74) is 0.457. The van der Waals surface area contributed by atoms with Crippen molar-refractivity contribution in [2.75, 3.05) is 0 Å². The SMILES string of the molecule is CC(C)C(C)(CCCC1CCC1)C(C)(C)CCC(C)(C)C#N. The molecule has 1 aliphatic rings. The summed E-state index contributed by atoms with van der Waals surface area (Å²) in [6.45, 7) is 16.3. The molecule has 1 nitrogen and oxygen atoms in total. The first kappa shape index (κ1) is 19.5. The highest BCUT2D eigenvalue weighted by molar-refractivity contribution is 4.97. The van der Waals surface area contributed by atoms with Gasteiger partial charge in [0.05, 0.1) is 11.5 Å². The van der Waals surface area contributed by atoms with Crippen molar-refractivity contribution >= 4 is 0 Å². The lowest BCUT2D eigenvalue weighted by Gasteiger charge is -2.49. The highest BCUT2D eigenvalue weighted by Gasteiger charge is 2.43. The third-order valence-corrected chi connectivity index (χ3v) is 7.03. The molecule has 128 valence electrons. The second-order valence-corrected chi connectivity index (χ2v) is 9.64. The van der Waals surface area contributed by atoms with Gasteiger partial charge in [-0.05, 0) is 55.8 Å². The molecule has 1 saturated carbocycles. The molecular weight excluding hydrogens is 266 g/mol. The summed E-state index contributed by atoms with van der Waals surface area (Å²) in [7, 11) is 0. The van der Waals surface area contributed by atoms with E-state index in [1.807, 2.05) is 0 Å². The molecule has 0 aromatic heterocycles. The lowest BCUT2D eigenvalue weighted by atomic mass is 9.56. The minimum atomic E-state index is -0.193. The predicted octanol–water partition coefficient (Wildman–Crippen LogP) is 6.98. The summed E-state index contributed by atoms with van der Waals surface area (Å²) in [4.78, 5) is 0. The molecule has 0 aliphatic heterocycles. The van der Waals surface area contributed by atoms with Gasteiger partial charge in [-0.25, -0.2) is 0 Å². The van der Waals surface area contributed by atoms with Gasteiger partial charge in [-0.1, -0.05) is 66.7 Å². The van der Waals surface area contributed by atoms with Gasteiger partial charge in [-0.2, -0.15) is 5.26 Å². The fraction of sp³-hybridized carbons (Fsp3) is 0.952. The second-order valence-electron chi connectivity index (χ2n) is 9.64. The van der Waals surface area contributed by atoms with E-state index in [2.05, 4.69) is 54.5 Å². The van der Waals surface area contributed by atoms with Crippen LogP contribution in [0.3, 0.4) is 0 Å². The van der Waals surface area contributed by atoms with Crippen molar-refractivity contribution in [3.05, 3.63) is 0 Å². The molecular formula is C21H39N. The number of nitriles is 1. The maximum Gasteiger partial charge on any atom is 0.0683 e. The lowest BCUT2D eigenvalue weighted by molar-refractivity contribution is 0.00794. The van der Waals surface area contributed by atoms with Gasteiger partial charge in [0.2, 0.25) is 0 Å². The first-order chi connectivity index (χ1) is 10.0. The van der Waals surface area contributed by atoms with Gasteiger partial charge in [0.1, 0.15) is 0 Å². The van der Waals surface area contributed by atoms with Crippen molar-refractivity contribution in [3.63, 3.8) is 0 Å². The van der Waals surface area contributed by atoms with Crippen molar-refractivity contribution in [1.82, 2.24) is 0 Å². The summed E-state index contributed by atoms with van der Waals surface area (Å²) in [5.74, 6) is 1.71. The smallest absolute Gasteiger partial charge is 0.0683 e. The molecule has 22 heavy (non-hydrogen) atoms. The fourth-order valence-electron chi connectivity index (χ4n) is 3.91. The average Bonchev–Trinajstić information content (AvgIpc) is 2.39. The third kappa shape index (κ3) is 4.74. The van der Waals surface area contributed by atoms with E-state index in [0.717, 1.165) is 18.8 Å². The zero-order chi connectivity index (χ0) is 17.0. The van der Waals surface area contributed by atoms with Crippen molar-refractivity contribution in [2.45, 2.75) is 99.8 Å². The van der Waals surface area contributed by atoms with Crippen LogP contribution < -0.4 is 0 Å². The molecule has 1 atom stereocenters. The summed E-state index contributed by atoms with van der Waals surface area (Å²) in [5, 5.41) is 9.29. The van der Waals surface area contributed by atoms with Gasteiger partial charge in [-0.15, -0.1) is 0 Å². The Bertz CT molecular complexity index is 381. The quantitative estimate of drug-likeness (QED) is 0.451. The molecule has 0 saturated heterocycles. The van der Waals surface area contributed by atoms with Gasteiger partial charge in [0, 0.05) is 0 Å². The van der Waals surface area contributed by atoms with E-state index in [0.29, 0.717) is 11.3 Å². The molecule has 1 heteroatoms. The Morgan fingerprint density at radius 1 is 1.00 bits per heavy atom. The zero-order valence-corrected chi connectivity index (χ0v) is 16.3. The van der Waals surface area contributed by atoms with Gasteiger partial charge in [0.25, 0.3) is 0 Å². The third-order valence-electron chi connectivity index (χ3n) is 7.03. The molecule has 0 amide bonds. The molecule has 0 radical (unpaired) electrons. The summed E-state index contributed by atoms with van der Waals surface area (Å²) >= 11 is 0. The number of hydrogen-bond acceptors (Lipinski definition) is 1. The van der Waals surface area contributed by atoms with E-state index in [1.54, 1.807) is 0 Å². The maximum atomic E-state index is 9.29. The van der Waals surface area contributed by atoms with Crippen LogP contribution in [-0.2, 0) is 0 Å². The number of hydrogen-bond donors (Lipinski definition) is 0. The van der Waals surface area contributed by atoms with Crippen molar-refractivity contribution in [2.24, 2.45) is 28.1 Å². The molecule has 1 rings (SSSR count). The Balaban J connectivity index is 2.66. The van der Waals surface area contributed by atoms with E-state index < -0.39 is 0 Å². The van der Waals surface area contributed by atoms with Crippen molar-refractivity contribution < 1.29 is 0 Å². The Kier molecular flexibility index (Phi) is 6.55. The Morgan fingerprint density at radius 3 is 2.00 bits per heavy atom. The van der Waals surface area contributed by atoms with Crippen LogP contribution in [0.1, 0.15) is 99.8 Å². The van der Waals surface area contributed by atoms with Gasteiger partial charge >= 0.3 is 0 Å². The summed E-state index contributed by atoms with van der Waals surface area (Å²) in [6, 6.07) is 2.47. The van der Waals surface area contributed by atoms with Gasteiger partial charge < -0.3 is 0 Å². The summed E-state index contributed by atoms with van der Waals surface area (Å²) in [6.07, 6.45) is 10.7. The minimum absolute atomic E-state index is 0.193. The highest BCUT2D eigenvalue weighted by atomic mass is 14.5. The molecule has 0 N–H and O–H groups in total. The Hall–Kier alpha value is -0.510. The van der Waals surface area contributed by atoms with Crippen LogP contribution in [0.15, 0.2) is 0 Å². The minimum Gasteiger partial charge on any atom is -0.198 e. The molecule has 0 bridgehead atoms. The maximum absolute atomic E-state index is 9.29. The van der Waals surface area contributed by atoms with Crippen LogP contribution in [0.5, 0.6) is 0 Å². The normalized spacial score (nSPS) is 19.6. The molecule has 0 aromatic rings. The molecule has 0 aromatic carbocycles. The second kappa shape index (κ2) is 7.37. The molecule has 0 heterocycles. The predicted molar refractivity (Wildman–Crippen MR) is 96.5 cm³/mol. The lowest BCUT2D eigenvalue weighted by Crippen LogP contribution is -2.40. The zero-order valence-electron chi connectivity index (χ0n) is 16.3. The average molecular weight is 306 g/mol. The summed E-state index contributed by atoms with van der Waals surface area (Å²) < 4.78 is 0. The number of rotatable bonds is 9. The Labute approximate surface area is 139 Å². The van der Waals surface area contributed by atoms with Gasteiger partial charge in [0.15, 0.2) is 0 Å². The van der Waals surface area contributed by atoms with E-state index in [4.69, 9.17) is 0 Å². The van der Waals surface area contributed by atoms with Crippen LogP contribution in [0.4, 0.5) is 0 Å². The van der Waals surface area contributed by atoms with Crippen molar-refractivity contribution in [3.8, 4) is 6.07 Å². The van der Waals surface area contributed by atoms with Crippen LogP contribution in [0.2, 0.25) is 0 Å². The Morgan fingerprint density at radius 2 is 1.59 bits per heavy atom. The number of nitrogens with zero attached hydrogens (tertiary/aromatic N) is 1. The first-order valence-electron chi connectivity index (χ1n) is 9.45. The largest absolute Gasteiger partial charge is 0.198 e. The molecule has 1 aliphatic carbocycles. The molecule has 1 unspecified atom stereocenters. The fourth-order valence-corrected chi connectivity index (χ4v) is 3.91. The monoisotopic (exact) mass is 305 g/mol. The molecule has 1 fully saturated rings. The van der Waals surface area contributed by atoms with Crippen LogP contribution in [-0.4, -0.2) is 0 Å². The molecule has 0 spiro atoms. The van der Waals surface area contributed by atoms with Crippen LogP contribution in [0, 0.1) is 39.4 Å². The highest BCUT2D eigenvalue weighted by Crippen LogP contribution is 2.52. The topological polar surface area (TPSA) is 23.8 Å². The standard InChI is InChI=1S/C21H39N/c1-17(2)21(7,13-9-12-18-10-8-11-18)20(5,6)15-14-19(3,4)16-22/h17-18H,8-15H2,1-7H3. The van der Waals surface area contributed by atoms with Crippen molar-refractivity contribution in [1.29, 1.82) is 5.26 Å². The van der Waals surface area contributed by atoms with Gasteiger partial charge in [-0.3, -0.25) is 0 Å². The van der Waals surface area contributed by atoms with E-state index in [1.165, 1.54) is 38.5 Å². The van der Waals surface area contributed by atoms with E-state index >= 15 is 0 Å². The van der Waals surface area contributed by atoms with Crippen LogP contribution in [0.25, 0.3) is 0 Å². The first-order valence-corrected chi connectivity index (χ1v) is 9.45. The van der Waals surface area contributed by atoms with E-state index in [-0.39, 0.29) is 10.8 Å². The van der Waals surface area contributed by atoms with E-state index in [9.17, 15) is 5.26 Å².